The van der Waals surface area contributed by atoms with E-state index in [2.05, 4.69) is 13.8 Å². The smallest absolute Gasteiger partial charge is 0.119 e. The summed E-state index contributed by atoms with van der Waals surface area (Å²) in [5.74, 6) is 0. The first-order chi connectivity index (χ1) is 12.3. The third-order valence-electron chi connectivity index (χ3n) is 4.60. The van der Waals surface area contributed by atoms with Crippen LogP contribution in [0.5, 0.6) is 0 Å². The summed E-state index contributed by atoms with van der Waals surface area (Å²) in [6.45, 7) is 4.49. The molecule has 0 amide bonds. The van der Waals surface area contributed by atoms with Crippen LogP contribution in [0, 0.1) is 0 Å². The first-order valence-electron chi connectivity index (χ1n) is 11.2. The van der Waals surface area contributed by atoms with Crippen molar-refractivity contribution in [2.75, 3.05) is 0 Å². The molecule has 0 aliphatic heterocycles. The summed E-state index contributed by atoms with van der Waals surface area (Å²) >= 11 is 0. The molecule has 0 aliphatic rings. The van der Waals surface area contributed by atoms with E-state index in [4.69, 9.17) is 0 Å². The van der Waals surface area contributed by atoms with Crippen molar-refractivity contribution < 1.29 is 9.59 Å². The minimum atomic E-state index is 0.759. The van der Waals surface area contributed by atoms with Crippen LogP contribution in [-0.4, -0.2) is 12.6 Å². The van der Waals surface area contributed by atoms with Crippen LogP contribution in [0.25, 0.3) is 0 Å². The molecule has 0 spiro atoms. The normalized spacial score (nSPS) is 10.2. The highest BCUT2D eigenvalue weighted by molar-refractivity contribution is 5.49. The van der Waals surface area contributed by atoms with Gasteiger partial charge in [-0.1, -0.05) is 110 Å². The van der Waals surface area contributed by atoms with Gasteiger partial charge in [0.2, 0.25) is 0 Å². The van der Waals surface area contributed by atoms with Crippen LogP contribution < -0.4 is 0 Å². The van der Waals surface area contributed by atoms with Crippen molar-refractivity contribution in [2.24, 2.45) is 0 Å². The predicted octanol–water partition coefficient (Wildman–Crippen LogP) is 7.82. The van der Waals surface area contributed by atoms with Crippen molar-refractivity contribution in [3.8, 4) is 0 Å². The highest BCUT2D eigenvalue weighted by atomic mass is 16.1. The number of hydrogen-bond acceptors (Lipinski definition) is 2. The van der Waals surface area contributed by atoms with E-state index in [1.807, 2.05) is 0 Å². The lowest BCUT2D eigenvalue weighted by Crippen LogP contribution is -1.81. The Hall–Kier alpha value is -0.660. The Balaban J connectivity index is 0. The lowest BCUT2D eigenvalue weighted by molar-refractivity contribution is -0.108. The Morgan fingerprint density at radius 2 is 0.640 bits per heavy atom. The summed E-state index contributed by atoms with van der Waals surface area (Å²) in [6, 6.07) is 0. The molecule has 0 rings (SSSR count). The third kappa shape index (κ3) is 31.6. The fourth-order valence-corrected chi connectivity index (χ4v) is 2.90. The van der Waals surface area contributed by atoms with E-state index in [0.717, 1.165) is 38.3 Å². The second-order valence-electron chi connectivity index (χ2n) is 7.21. The zero-order valence-corrected chi connectivity index (χ0v) is 17.4. The Kier molecular flexibility index (Phi) is 29.9. The average molecular weight is 355 g/mol. The molecule has 0 saturated heterocycles. The molecule has 0 aromatic rings. The fraction of sp³-hybridized carbons (Fsp3) is 0.913. The van der Waals surface area contributed by atoms with Crippen LogP contribution >= 0.6 is 0 Å². The highest BCUT2D eigenvalue weighted by Gasteiger charge is 1.91. The Bertz CT molecular complexity index is 238. The molecule has 0 aliphatic carbocycles. The molecule has 0 fully saturated rings. The molecule has 25 heavy (non-hydrogen) atoms. The molecule has 0 atom stereocenters. The molecular formula is C23H46O2. The van der Waals surface area contributed by atoms with Crippen molar-refractivity contribution in [2.45, 2.75) is 136 Å². The molecule has 0 unspecified atom stereocenters. The minimum Gasteiger partial charge on any atom is -0.303 e. The molecule has 0 bridgehead atoms. The van der Waals surface area contributed by atoms with Gasteiger partial charge in [-0.15, -0.1) is 0 Å². The van der Waals surface area contributed by atoms with Gasteiger partial charge < -0.3 is 9.59 Å². The maximum atomic E-state index is 10.0. The van der Waals surface area contributed by atoms with Gasteiger partial charge in [0.25, 0.3) is 0 Å². The van der Waals surface area contributed by atoms with Crippen molar-refractivity contribution in [1.29, 1.82) is 0 Å². The highest BCUT2D eigenvalue weighted by Crippen LogP contribution is 2.10. The van der Waals surface area contributed by atoms with Gasteiger partial charge in [-0.25, -0.2) is 0 Å². The van der Waals surface area contributed by atoms with Gasteiger partial charge >= 0.3 is 0 Å². The van der Waals surface area contributed by atoms with E-state index in [0.29, 0.717) is 0 Å². The number of hydrogen-bond donors (Lipinski definition) is 0. The monoisotopic (exact) mass is 354 g/mol. The van der Waals surface area contributed by atoms with Gasteiger partial charge in [0.15, 0.2) is 0 Å². The van der Waals surface area contributed by atoms with Crippen molar-refractivity contribution >= 4 is 12.6 Å². The number of aldehydes is 2. The Labute approximate surface area is 158 Å². The molecule has 0 aromatic heterocycles. The molecular weight excluding hydrogens is 308 g/mol. The van der Waals surface area contributed by atoms with Crippen molar-refractivity contribution in [1.82, 2.24) is 0 Å². The Morgan fingerprint density at radius 3 is 0.880 bits per heavy atom. The van der Waals surface area contributed by atoms with Gasteiger partial charge in [0, 0.05) is 12.8 Å². The molecule has 0 saturated carbocycles. The Morgan fingerprint density at radius 1 is 0.400 bits per heavy atom. The van der Waals surface area contributed by atoms with E-state index in [9.17, 15) is 9.59 Å². The molecule has 0 radical (unpaired) electrons. The summed E-state index contributed by atoms with van der Waals surface area (Å²) in [6.07, 6.45) is 26.0. The van der Waals surface area contributed by atoms with E-state index in [1.54, 1.807) is 0 Å². The number of carbonyl (C=O) groups excluding carboxylic acids is 2. The van der Waals surface area contributed by atoms with Crippen LogP contribution in [0.15, 0.2) is 0 Å². The number of unbranched alkanes of at least 4 members (excludes halogenated alkanes) is 17. The fourth-order valence-electron chi connectivity index (χ4n) is 2.90. The quantitative estimate of drug-likeness (QED) is 0.175. The maximum Gasteiger partial charge on any atom is 0.119 e. The van der Waals surface area contributed by atoms with Crippen molar-refractivity contribution in [3.63, 3.8) is 0 Å². The summed E-state index contributed by atoms with van der Waals surface area (Å²) in [5.41, 5.74) is 0. The molecule has 0 aromatic carbocycles. The summed E-state index contributed by atoms with van der Waals surface area (Å²) < 4.78 is 0. The first kappa shape index (κ1) is 26.6. The van der Waals surface area contributed by atoms with Gasteiger partial charge in [0.1, 0.15) is 12.6 Å². The first-order valence-corrected chi connectivity index (χ1v) is 11.2. The van der Waals surface area contributed by atoms with Gasteiger partial charge in [0.05, 0.1) is 0 Å². The van der Waals surface area contributed by atoms with E-state index in [-0.39, 0.29) is 0 Å². The molecule has 0 N–H and O–H groups in total. The second kappa shape index (κ2) is 28.2. The summed E-state index contributed by atoms with van der Waals surface area (Å²) in [5, 5.41) is 0. The van der Waals surface area contributed by atoms with Crippen LogP contribution in [0.3, 0.4) is 0 Å². The zero-order valence-electron chi connectivity index (χ0n) is 17.4. The van der Waals surface area contributed by atoms with Crippen molar-refractivity contribution in [3.05, 3.63) is 0 Å². The van der Waals surface area contributed by atoms with Gasteiger partial charge in [-0.3, -0.25) is 0 Å². The van der Waals surface area contributed by atoms with Crippen LogP contribution in [0.2, 0.25) is 0 Å². The maximum absolute atomic E-state index is 10.0. The largest absolute Gasteiger partial charge is 0.303 e. The summed E-state index contributed by atoms with van der Waals surface area (Å²) in [4.78, 5) is 20.0. The number of carbonyl (C=O) groups is 2. The molecule has 150 valence electrons. The van der Waals surface area contributed by atoms with Crippen LogP contribution in [-0.2, 0) is 9.59 Å². The summed E-state index contributed by atoms with van der Waals surface area (Å²) in [7, 11) is 0. The molecule has 0 heterocycles. The topological polar surface area (TPSA) is 34.1 Å². The predicted molar refractivity (Wildman–Crippen MR) is 111 cm³/mol. The zero-order chi connectivity index (χ0) is 18.8. The van der Waals surface area contributed by atoms with Gasteiger partial charge in [-0.05, 0) is 12.8 Å². The van der Waals surface area contributed by atoms with Gasteiger partial charge in [-0.2, -0.15) is 0 Å². The molecule has 2 nitrogen and oxygen atoms in total. The van der Waals surface area contributed by atoms with E-state index >= 15 is 0 Å². The molecule has 2 heteroatoms. The standard InChI is InChI=1S/C12H24O.C11H22O/c1-2-3-4-5-6-7-8-9-10-11-12-13;1-2-3-4-5-6-7-8-9-10-11-12/h12H,2-11H2,1H3;11H,2-10H2,1H3. The lowest BCUT2D eigenvalue weighted by atomic mass is 10.1. The van der Waals surface area contributed by atoms with E-state index in [1.165, 1.54) is 96.3 Å². The number of rotatable bonds is 19. The lowest BCUT2D eigenvalue weighted by Gasteiger charge is -1.99. The SMILES string of the molecule is CCCCCCCCCCC=O.CCCCCCCCCCCC=O. The second-order valence-corrected chi connectivity index (χ2v) is 7.21. The van der Waals surface area contributed by atoms with E-state index < -0.39 is 0 Å². The third-order valence-corrected chi connectivity index (χ3v) is 4.60. The average Bonchev–Trinajstić information content (AvgIpc) is 2.63. The van der Waals surface area contributed by atoms with Crippen LogP contribution in [0.1, 0.15) is 136 Å². The van der Waals surface area contributed by atoms with Crippen LogP contribution in [0.4, 0.5) is 0 Å². The minimum absolute atomic E-state index is 0.759.